The summed E-state index contributed by atoms with van der Waals surface area (Å²) in [5.41, 5.74) is 12.9. The van der Waals surface area contributed by atoms with Crippen LogP contribution < -0.4 is 16.2 Å². The van der Waals surface area contributed by atoms with Gasteiger partial charge in [-0.1, -0.05) is 23.7 Å². The highest BCUT2D eigenvalue weighted by molar-refractivity contribution is 6.29. The smallest absolute Gasteiger partial charge is 0.221 e. The van der Waals surface area contributed by atoms with E-state index in [0.717, 1.165) is 5.56 Å². The van der Waals surface area contributed by atoms with Crippen molar-refractivity contribution in [3.05, 3.63) is 53.9 Å². The van der Waals surface area contributed by atoms with E-state index in [0.29, 0.717) is 28.0 Å². The molecule has 0 aliphatic carbocycles. The van der Waals surface area contributed by atoms with E-state index >= 15 is 0 Å². The van der Waals surface area contributed by atoms with Gasteiger partial charge >= 0.3 is 0 Å². The van der Waals surface area contributed by atoms with Crippen LogP contribution in [0.2, 0.25) is 5.15 Å². The molecule has 0 atom stereocenters. The van der Waals surface area contributed by atoms with Crippen LogP contribution in [0.15, 0.2) is 48.8 Å². The molecule has 22 heavy (non-hydrogen) atoms. The molecule has 0 fully saturated rings. The summed E-state index contributed by atoms with van der Waals surface area (Å²) in [7, 11) is 0. The molecule has 1 aromatic carbocycles. The number of nitrogens with zero attached hydrogens (tertiary/aromatic N) is 3. The van der Waals surface area contributed by atoms with Gasteiger partial charge in [-0.2, -0.15) is 4.98 Å². The minimum absolute atomic E-state index is 0.149. The quantitative estimate of drug-likeness (QED) is 0.720. The van der Waals surface area contributed by atoms with Gasteiger partial charge in [0.25, 0.3) is 0 Å². The van der Waals surface area contributed by atoms with Crippen molar-refractivity contribution in [2.75, 3.05) is 11.5 Å². The van der Waals surface area contributed by atoms with Gasteiger partial charge in [-0.25, -0.2) is 9.97 Å². The van der Waals surface area contributed by atoms with Gasteiger partial charge in [-0.15, -0.1) is 0 Å². The normalized spacial score (nSPS) is 10.4. The van der Waals surface area contributed by atoms with Crippen LogP contribution in [0.3, 0.4) is 0 Å². The Hall–Kier alpha value is -2.86. The largest absolute Gasteiger partial charge is 0.457 e. The number of hydrogen-bond donors (Lipinski definition) is 2. The fourth-order valence-corrected chi connectivity index (χ4v) is 2.08. The van der Waals surface area contributed by atoms with E-state index in [4.69, 9.17) is 27.8 Å². The lowest BCUT2D eigenvalue weighted by atomic mass is 10.1. The van der Waals surface area contributed by atoms with Crippen LogP contribution in [0, 0.1) is 0 Å². The number of pyridine rings is 1. The average molecular weight is 314 g/mol. The van der Waals surface area contributed by atoms with Crippen molar-refractivity contribution in [3.63, 3.8) is 0 Å². The summed E-state index contributed by atoms with van der Waals surface area (Å²) < 4.78 is 5.69. The third-order valence-corrected chi connectivity index (χ3v) is 3.14. The third-order valence-electron chi connectivity index (χ3n) is 2.94. The number of ether oxygens (including phenoxy) is 1. The zero-order valence-electron chi connectivity index (χ0n) is 11.4. The van der Waals surface area contributed by atoms with Crippen LogP contribution in [0.1, 0.15) is 0 Å². The summed E-state index contributed by atoms with van der Waals surface area (Å²) in [6.45, 7) is 0. The van der Waals surface area contributed by atoms with Crippen molar-refractivity contribution in [2.24, 2.45) is 0 Å². The number of nitrogens with two attached hydrogens (primary N) is 2. The molecule has 0 aliphatic rings. The first-order valence-corrected chi connectivity index (χ1v) is 6.77. The summed E-state index contributed by atoms with van der Waals surface area (Å²) >= 11 is 5.82. The van der Waals surface area contributed by atoms with Crippen molar-refractivity contribution in [3.8, 4) is 22.6 Å². The zero-order valence-corrected chi connectivity index (χ0v) is 12.2. The van der Waals surface area contributed by atoms with Crippen LogP contribution in [-0.4, -0.2) is 15.0 Å². The fourth-order valence-electron chi connectivity index (χ4n) is 1.92. The first-order chi connectivity index (χ1) is 10.6. The molecular weight excluding hydrogens is 302 g/mol. The van der Waals surface area contributed by atoms with Gasteiger partial charge in [0.05, 0.1) is 0 Å². The topological polar surface area (TPSA) is 99.9 Å². The number of hydrogen-bond acceptors (Lipinski definition) is 6. The maximum Gasteiger partial charge on any atom is 0.221 e. The van der Waals surface area contributed by atoms with Crippen molar-refractivity contribution in [1.82, 2.24) is 15.0 Å². The minimum atomic E-state index is 0.149. The lowest BCUT2D eigenvalue weighted by Gasteiger charge is -2.08. The minimum Gasteiger partial charge on any atom is -0.457 e. The molecule has 2 heterocycles. The van der Waals surface area contributed by atoms with Crippen LogP contribution in [-0.2, 0) is 0 Å². The maximum atomic E-state index is 5.85. The van der Waals surface area contributed by atoms with Crippen LogP contribution in [0.5, 0.6) is 11.5 Å². The van der Waals surface area contributed by atoms with Gasteiger partial charge in [-0.05, 0) is 23.8 Å². The first-order valence-electron chi connectivity index (χ1n) is 6.39. The summed E-state index contributed by atoms with van der Waals surface area (Å²) in [6.07, 6.45) is 3.18. The van der Waals surface area contributed by atoms with E-state index in [-0.39, 0.29) is 5.95 Å². The second-order valence-electron chi connectivity index (χ2n) is 4.47. The molecule has 0 aliphatic heterocycles. The Morgan fingerprint density at radius 3 is 2.41 bits per heavy atom. The van der Waals surface area contributed by atoms with Gasteiger partial charge in [0.15, 0.2) is 0 Å². The van der Waals surface area contributed by atoms with Crippen LogP contribution >= 0.6 is 11.6 Å². The molecular formula is C15H12ClN5O. The van der Waals surface area contributed by atoms with Gasteiger partial charge in [0, 0.05) is 24.0 Å². The van der Waals surface area contributed by atoms with Crippen LogP contribution in [0.25, 0.3) is 11.1 Å². The third kappa shape index (κ3) is 3.07. The summed E-state index contributed by atoms with van der Waals surface area (Å²) in [5, 5.41) is 0.376. The van der Waals surface area contributed by atoms with E-state index in [9.17, 15) is 0 Å². The maximum absolute atomic E-state index is 5.85. The number of halogens is 1. The average Bonchev–Trinajstić information content (AvgIpc) is 2.48. The second kappa shape index (κ2) is 5.87. The molecule has 110 valence electrons. The van der Waals surface area contributed by atoms with E-state index in [1.165, 1.54) is 0 Å². The Labute approximate surface area is 131 Å². The molecule has 6 nitrogen and oxygen atoms in total. The Balaban J connectivity index is 1.83. The second-order valence-corrected chi connectivity index (χ2v) is 4.86. The highest BCUT2D eigenvalue weighted by Crippen LogP contribution is 2.28. The predicted octanol–water partition coefficient (Wildman–Crippen LogP) is 3.15. The lowest BCUT2D eigenvalue weighted by Crippen LogP contribution is -2.00. The molecule has 0 bridgehead atoms. The van der Waals surface area contributed by atoms with E-state index in [1.807, 2.05) is 24.3 Å². The lowest BCUT2D eigenvalue weighted by molar-refractivity contribution is 0.482. The van der Waals surface area contributed by atoms with Crippen molar-refractivity contribution in [1.29, 1.82) is 0 Å². The van der Waals surface area contributed by atoms with Crippen LogP contribution in [0.4, 0.5) is 11.8 Å². The molecule has 7 heteroatoms. The van der Waals surface area contributed by atoms with Gasteiger partial charge in [0.1, 0.15) is 22.5 Å². The van der Waals surface area contributed by atoms with Gasteiger partial charge < -0.3 is 16.2 Å². The number of nitrogen functional groups attached to an aromatic ring is 2. The molecule has 3 aromatic rings. The number of aromatic nitrogens is 3. The van der Waals surface area contributed by atoms with E-state index < -0.39 is 0 Å². The standard InChI is InChI=1S/C15H12ClN5O/c16-13-7-11(5-6-19-13)22-10-3-1-9(2-4-10)12-8-20-15(18)21-14(12)17/h1-8H,(H4,17,18,20,21). The summed E-state index contributed by atoms with van der Waals surface area (Å²) in [4.78, 5) is 11.8. The monoisotopic (exact) mass is 313 g/mol. The Kier molecular flexibility index (Phi) is 3.76. The molecule has 4 N–H and O–H groups in total. The van der Waals surface area contributed by atoms with Crippen molar-refractivity contribution < 1.29 is 4.74 Å². The summed E-state index contributed by atoms with van der Waals surface area (Å²) in [6, 6.07) is 10.7. The number of anilines is 2. The fraction of sp³-hybridized carbons (Fsp3) is 0. The first kappa shape index (κ1) is 14.1. The molecule has 2 aromatic heterocycles. The van der Waals surface area contributed by atoms with E-state index in [1.54, 1.807) is 24.5 Å². The van der Waals surface area contributed by atoms with Gasteiger partial charge in [-0.3, -0.25) is 0 Å². The summed E-state index contributed by atoms with van der Waals surface area (Å²) in [5.74, 6) is 1.77. The molecule has 0 unspecified atom stereocenters. The molecule has 0 spiro atoms. The Bertz CT molecular complexity index is 807. The zero-order chi connectivity index (χ0) is 15.5. The molecule has 0 radical (unpaired) electrons. The Morgan fingerprint density at radius 2 is 1.73 bits per heavy atom. The molecule has 3 rings (SSSR count). The van der Waals surface area contributed by atoms with Gasteiger partial charge in [0.2, 0.25) is 5.95 Å². The molecule has 0 saturated heterocycles. The molecule has 0 amide bonds. The van der Waals surface area contributed by atoms with Crippen molar-refractivity contribution in [2.45, 2.75) is 0 Å². The number of benzene rings is 1. The highest BCUT2D eigenvalue weighted by atomic mass is 35.5. The number of rotatable bonds is 3. The SMILES string of the molecule is Nc1ncc(-c2ccc(Oc3ccnc(Cl)c3)cc2)c(N)n1. The Morgan fingerprint density at radius 1 is 0.955 bits per heavy atom. The predicted molar refractivity (Wildman–Crippen MR) is 85.6 cm³/mol. The molecule has 0 saturated carbocycles. The highest BCUT2D eigenvalue weighted by Gasteiger charge is 2.06. The van der Waals surface area contributed by atoms with Crippen molar-refractivity contribution >= 4 is 23.4 Å². The van der Waals surface area contributed by atoms with E-state index in [2.05, 4.69) is 15.0 Å².